The number of ether oxygens (including phenoxy) is 1. The number of rotatable bonds is 5. The Morgan fingerprint density at radius 2 is 1.62 bits per heavy atom. The molecule has 1 fully saturated rings. The van der Waals surface area contributed by atoms with Crippen LogP contribution < -0.4 is 4.74 Å². The van der Waals surface area contributed by atoms with Crippen LogP contribution in [0.25, 0.3) is 0 Å². The van der Waals surface area contributed by atoms with Crippen LogP contribution in [0.4, 0.5) is 8.78 Å². The molecule has 0 saturated heterocycles. The van der Waals surface area contributed by atoms with E-state index >= 15 is 0 Å². The highest BCUT2D eigenvalue weighted by molar-refractivity contribution is 5.91. The largest absolute Gasteiger partial charge is 0.423 e. The van der Waals surface area contributed by atoms with Crippen molar-refractivity contribution in [2.75, 3.05) is 0 Å². The van der Waals surface area contributed by atoms with E-state index in [4.69, 9.17) is 4.74 Å². The maximum Gasteiger partial charge on any atom is 0.343 e. The van der Waals surface area contributed by atoms with Gasteiger partial charge in [-0.15, -0.1) is 0 Å². The maximum absolute atomic E-state index is 13.2. The third-order valence-corrected chi connectivity index (χ3v) is 5.20. The van der Waals surface area contributed by atoms with Crippen molar-refractivity contribution in [1.29, 1.82) is 0 Å². The van der Waals surface area contributed by atoms with Crippen LogP contribution in [0.15, 0.2) is 42.5 Å². The summed E-state index contributed by atoms with van der Waals surface area (Å²) in [6.45, 7) is 2.24. The van der Waals surface area contributed by atoms with Gasteiger partial charge in [-0.05, 0) is 67.3 Å². The van der Waals surface area contributed by atoms with E-state index in [2.05, 4.69) is 6.92 Å². The number of carbonyl (C=O) groups excluding carboxylic acids is 1. The first kappa shape index (κ1) is 18.6. The van der Waals surface area contributed by atoms with E-state index < -0.39 is 17.6 Å². The molecule has 0 amide bonds. The molecule has 0 unspecified atom stereocenters. The fourth-order valence-corrected chi connectivity index (χ4v) is 3.84. The first-order valence-corrected chi connectivity index (χ1v) is 9.33. The van der Waals surface area contributed by atoms with Crippen LogP contribution in [0, 0.1) is 17.6 Å². The number of hydrogen-bond donors (Lipinski definition) is 0. The minimum Gasteiger partial charge on any atom is -0.423 e. The smallest absolute Gasteiger partial charge is 0.343 e. The molecule has 26 heavy (non-hydrogen) atoms. The van der Waals surface area contributed by atoms with Gasteiger partial charge in [0.1, 0.15) is 17.4 Å². The summed E-state index contributed by atoms with van der Waals surface area (Å²) in [5.74, 6) is -0.565. The van der Waals surface area contributed by atoms with Gasteiger partial charge in [0.05, 0.1) is 5.56 Å². The summed E-state index contributed by atoms with van der Waals surface area (Å²) in [5.41, 5.74) is 1.12. The SMILES string of the molecule is CCCC1CCC(c2ccc(OC(=O)c3cc(F)cc(F)c3)cc2)CC1. The van der Waals surface area contributed by atoms with E-state index in [1.165, 1.54) is 44.1 Å². The highest BCUT2D eigenvalue weighted by atomic mass is 19.1. The van der Waals surface area contributed by atoms with Crippen molar-refractivity contribution in [2.24, 2.45) is 5.92 Å². The van der Waals surface area contributed by atoms with Crippen LogP contribution in [0.2, 0.25) is 0 Å². The lowest BCUT2D eigenvalue weighted by Gasteiger charge is -2.28. The Morgan fingerprint density at radius 3 is 2.19 bits per heavy atom. The van der Waals surface area contributed by atoms with E-state index in [1.807, 2.05) is 12.1 Å². The van der Waals surface area contributed by atoms with Gasteiger partial charge >= 0.3 is 5.97 Å². The molecule has 0 aromatic heterocycles. The molecule has 2 aromatic carbocycles. The number of hydrogen-bond acceptors (Lipinski definition) is 2. The van der Waals surface area contributed by atoms with Crippen molar-refractivity contribution in [3.05, 3.63) is 65.2 Å². The van der Waals surface area contributed by atoms with Gasteiger partial charge in [0.25, 0.3) is 0 Å². The summed E-state index contributed by atoms with van der Waals surface area (Å²) in [4.78, 5) is 12.0. The van der Waals surface area contributed by atoms with Crippen LogP contribution in [0.3, 0.4) is 0 Å². The zero-order valence-corrected chi connectivity index (χ0v) is 15.0. The zero-order valence-electron chi connectivity index (χ0n) is 15.0. The van der Waals surface area contributed by atoms with Crippen LogP contribution in [0.5, 0.6) is 5.75 Å². The lowest BCUT2D eigenvalue weighted by Crippen LogP contribution is -2.13. The lowest BCUT2D eigenvalue weighted by molar-refractivity contribution is 0.0733. The second-order valence-corrected chi connectivity index (χ2v) is 7.12. The maximum atomic E-state index is 13.2. The standard InChI is InChI=1S/C22H24F2O2/c1-2-3-15-4-6-16(7-5-15)17-8-10-21(11-9-17)26-22(25)18-12-19(23)14-20(24)13-18/h8-16H,2-7H2,1H3. The highest BCUT2D eigenvalue weighted by Crippen LogP contribution is 2.37. The number of carbonyl (C=O) groups is 1. The Morgan fingerprint density at radius 1 is 1.00 bits per heavy atom. The Bertz CT molecular complexity index is 727. The summed E-state index contributed by atoms with van der Waals surface area (Å²) in [5, 5.41) is 0. The number of halogens is 2. The fourth-order valence-electron chi connectivity index (χ4n) is 3.84. The van der Waals surface area contributed by atoms with E-state index in [0.29, 0.717) is 11.7 Å². The Hall–Kier alpha value is -2.23. The predicted octanol–water partition coefficient (Wildman–Crippen LogP) is 6.26. The Kier molecular flexibility index (Phi) is 6.02. The lowest BCUT2D eigenvalue weighted by atomic mass is 9.77. The summed E-state index contributed by atoms with van der Waals surface area (Å²) < 4.78 is 31.7. The molecule has 3 rings (SSSR count). The van der Waals surface area contributed by atoms with Gasteiger partial charge in [0.15, 0.2) is 0 Å². The summed E-state index contributed by atoms with van der Waals surface area (Å²) >= 11 is 0. The van der Waals surface area contributed by atoms with Crippen LogP contribution in [0.1, 0.15) is 67.3 Å². The molecule has 2 nitrogen and oxygen atoms in total. The molecule has 4 heteroatoms. The summed E-state index contributed by atoms with van der Waals surface area (Å²) in [7, 11) is 0. The zero-order chi connectivity index (χ0) is 18.5. The van der Waals surface area contributed by atoms with Crippen molar-refractivity contribution in [1.82, 2.24) is 0 Å². The molecule has 0 heterocycles. The van der Waals surface area contributed by atoms with Gasteiger partial charge in [0, 0.05) is 6.07 Å². The van der Waals surface area contributed by atoms with E-state index in [9.17, 15) is 13.6 Å². The predicted molar refractivity (Wildman–Crippen MR) is 97.4 cm³/mol. The first-order chi connectivity index (χ1) is 12.5. The van der Waals surface area contributed by atoms with Crippen molar-refractivity contribution >= 4 is 5.97 Å². The molecule has 0 aliphatic heterocycles. The molecular formula is C22H24F2O2. The Balaban J connectivity index is 1.60. The topological polar surface area (TPSA) is 26.3 Å². The van der Waals surface area contributed by atoms with E-state index in [0.717, 1.165) is 24.1 Å². The molecule has 0 bridgehead atoms. The first-order valence-electron chi connectivity index (χ1n) is 9.33. The molecule has 1 aliphatic rings. The number of benzene rings is 2. The molecule has 138 valence electrons. The molecule has 0 atom stereocenters. The highest BCUT2D eigenvalue weighted by Gasteiger charge is 2.22. The van der Waals surface area contributed by atoms with Crippen molar-refractivity contribution in [3.8, 4) is 5.75 Å². The normalized spacial score (nSPS) is 20.0. The average Bonchev–Trinajstić information content (AvgIpc) is 2.62. The molecule has 1 aliphatic carbocycles. The van der Waals surface area contributed by atoms with Gasteiger partial charge in [-0.25, -0.2) is 13.6 Å². The molecule has 1 saturated carbocycles. The minimum atomic E-state index is -0.800. The summed E-state index contributed by atoms with van der Waals surface area (Å²) in [6.07, 6.45) is 7.53. The fraction of sp³-hybridized carbons (Fsp3) is 0.409. The van der Waals surface area contributed by atoms with Crippen LogP contribution >= 0.6 is 0 Å². The van der Waals surface area contributed by atoms with Crippen LogP contribution in [-0.2, 0) is 0 Å². The van der Waals surface area contributed by atoms with Gasteiger partial charge in [-0.2, -0.15) is 0 Å². The monoisotopic (exact) mass is 358 g/mol. The molecule has 0 radical (unpaired) electrons. The van der Waals surface area contributed by atoms with E-state index in [1.54, 1.807) is 12.1 Å². The minimum absolute atomic E-state index is 0.138. The summed E-state index contributed by atoms with van der Waals surface area (Å²) in [6, 6.07) is 10.1. The second kappa shape index (κ2) is 8.43. The van der Waals surface area contributed by atoms with Gasteiger partial charge in [0.2, 0.25) is 0 Å². The van der Waals surface area contributed by atoms with E-state index in [-0.39, 0.29) is 5.56 Å². The molecular weight excluding hydrogens is 334 g/mol. The molecule has 0 spiro atoms. The van der Waals surface area contributed by atoms with Gasteiger partial charge in [-0.1, -0.05) is 31.9 Å². The van der Waals surface area contributed by atoms with Crippen molar-refractivity contribution in [3.63, 3.8) is 0 Å². The van der Waals surface area contributed by atoms with Gasteiger partial charge in [-0.3, -0.25) is 0 Å². The number of esters is 1. The quantitative estimate of drug-likeness (QED) is 0.466. The average molecular weight is 358 g/mol. The molecule has 2 aromatic rings. The third-order valence-electron chi connectivity index (χ3n) is 5.20. The van der Waals surface area contributed by atoms with Gasteiger partial charge < -0.3 is 4.74 Å². The Labute approximate surface area is 153 Å². The molecule has 0 N–H and O–H groups in total. The second-order valence-electron chi connectivity index (χ2n) is 7.12. The third kappa shape index (κ3) is 4.69. The van der Waals surface area contributed by atoms with Crippen molar-refractivity contribution < 1.29 is 18.3 Å². The van der Waals surface area contributed by atoms with Crippen LogP contribution in [-0.4, -0.2) is 5.97 Å². The van der Waals surface area contributed by atoms with Crippen molar-refractivity contribution in [2.45, 2.75) is 51.4 Å².